The fraction of sp³-hybridized carbons (Fsp3) is 0.0417. The lowest BCUT2D eigenvalue weighted by Crippen LogP contribution is -2.11. The van der Waals surface area contributed by atoms with Gasteiger partial charge < -0.3 is 14.1 Å². The predicted molar refractivity (Wildman–Crippen MR) is 116 cm³/mol. The Labute approximate surface area is 174 Å². The van der Waals surface area contributed by atoms with E-state index >= 15 is 0 Å². The SMILES string of the molecule is Clc1ccccc1-c1c[nH]cc1C(c1ccc(-n2cccc2)cc1)n1ccnc1. The Hall–Kier alpha value is -3.50. The predicted octanol–water partition coefficient (Wildman–Crippen LogP) is 5.96. The van der Waals surface area contributed by atoms with Gasteiger partial charge in [-0.15, -0.1) is 0 Å². The van der Waals surface area contributed by atoms with Crippen molar-refractivity contribution in [1.82, 2.24) is 19.1 Å². The van der Waals surface area contributed by atoms with Gasteiger partial charge in [-0.2, -0.15) is 0 Å². The normalized spacial score (nSPS) is 12.2. The van der Waals surface area contributed by atoms with E-state index in [4.69, 9.17) is 11.6 Å². The summed E-state index contributed by atoms with van der Waals surface area (Å²) in [4.78, 5) is 7.55. The van der Waals surface area contributed by atoms with Crippen LogP contribution in [0.5, 0.6) is 0 Å². The lowest BCUT2D eigenvalue weighted by atomic mass is 9.94. The number of nitrogens with zero attached hydrogens (tertiary/aromatic N) is 3. The van der Waals surface area contributed by atoms with Crippen LogP contribution in [-0.2, 0) is 0 Å². The lowest BCUT2D eigenvalue weighted by Gasteiger charge is -2.21. The molecule has 0 fully saturated rings. The monoisotopic (exact) mass is 398 g/mol. The van der Waals surface area contributed by atoms with Gasteiger partial charge in [-0.1, -0.05) is 41.9 Å². The second kappa shape index (κ2) is 7.49. The Morgan fingerprint density at radius 1 is 0.828 bits per heavy atom. The molecule has 0 aliphatic rings. The van der Waals surface area contributed by atoms with Gasteiger partial charge in [0.2, 0.25) is 0 Å². The summed E-state index contributed by atoms with van der Waals surface area (Å²) in [5.41, 5.74) is 5.54. The molecule has 29 heavy (non-hydrogen) atoms. The van der Waals surface area contributed by atoms with Crippen LogP contribution in [0.3, 0.4) is 0 Å². The fourth-order valence-corrected chi connectivity index (χ4v) is 4.02. The van der Waals surface area contributed by atoms with Crippen LogP contribution in [0.4, 0.5) is 0 Å². The van der Waals surface area contributed by atoms with Gasteiger partial charge in [0.15, 0.2) is 0 Å². The summed E-state index contributed by atoms with van der Waals surface area (Å²) < 4.78 is 4.22. The molecule has 3 heterocycles. The molecule has 0 spiro atoms. The van der Waals surface area contributed by atoms with Crippen molar-refractivity contribution in [3.05, 3.63) is 120 Å². The molecule has 1 unspecified atom stereocenters. The maximum absolute atomic E-state index is 6.51. The molecule has 0 aliphatic heterocycles. The molecule has 5 heteroatoms. The van der Waals surface area contributed by atoms with E-state index in [1.807, 2.05) is 73.8 Å². The zero-order valence-electron chi connectivity index (χ0n) is 15.6. The van der Waals surface area contributed by atoms with E-state index in [2.05, 4.69) is 49.4 Å². The second-order valence-corrected chi connectivity index (χ2v) is 7.31. The highest BCUT2D eigenvalue weighted by molar-refractivity contribution is 6.33. The third-order valence-electron chi connectivity index (χ3n) is 5.17. The Balaban J connectivity index is 1.62. The molecule has 0 saturated heterocycles. The molecule has 142 valence electrons. The molecule has 1 N–H and O–H groups in total. The number of hydrogen-bond donors (Lipinski definition) is 1. The van der Waals surface area contributed by atoms with Crippen molar-refractivity contribution in [2.75, 3.05) is 0 Å². The summed E-state index contributed by atoms with van der Waals surface area (Å²) >= 11 is 6.51. The summed E-state index contributed by atoms with van der Waals surface area (Å²) in [5, 5.41) is 0.737. The van der Waals surface area contributed by atoms with Gasteiger partial charge in [-0.3, -0.25) is 0 Å². The van der Waals surface area contributed by atoms with Gasteiger partial charge >= 0.3 is 0 Å². The highest BCUT2D eigenvalue weighted by Gasteiger charge is 2.22. The van der Waals surface area contributed by atoms with Gasteiger partial charge in [-0.25, -0.2) is 4.98 Å². The van der Waals surface area contributed by atoms with Crippen LogP contribution in [-0.4, -0.2) is 19.1 Å². The van der Waals surface area contributed by atoms with Gasteiger partial charge in [0, 0.05) is 64.6 Å². The van der Waals surface area contributed by atoms with Crippen LogP contribution in [0.1, 0.15) is 17.2 Å². The van der Waals surface area contributed by atoms with Gasteiger partial charge in [0.1, 0.15) is 0 Å². The van der Waals surface area contributed by atoms with E-state index in [0.717, 1.165) is 27.4 Å². The number of nitrogens with one attached hydrogen (secondary N) is 1. The van der Waals surface area contributed by atoms with Crippen molar-refractivity contribution >= 4 is 11.6 Å². The van der Waals surface area contributed by atoms with Crippen LogP contribution in [0.15, 0.2) is 104 Å². The quantitative estimate of drug-likeness (QED) is 0.389. The zero-order chi connectivity index (χ0) is 19.6. The van der Waals surface area contributed by atoms with Crippen LogP contribution in [0.25, 0.3) is 16.8 Å². The lowest BCUT2D eigenvalue weighted by molar-refractivity contribution is 0.678. The van der Waals surface area contributed by atoms with Crippen molar-refractivity contribution in [2.24, 2.45) is 0 Å². The summed E-state index contributed by atoms with van der Waals surface area (Å²) in [5.74, 6) is 0. The third-order valence-corrected chi connectivity index (χ3v) is 5.50. The molecule has 0 bridgehead atoms. The number of hydrogen-bond acceptors (Lipinski definition) is 1. The smallest absolute Gasteiger partial charge is 0.0954 e. The largest absolute Gasteiger partial charge is 0.367 e. The van der Waals surface area contributed by atoms with E-state index in [1.165, 1.54) is 5.56 Å². The first-order chi connectivity index (χ1) is 14.3. The molecule has 5 aromatic rings. The number of rotatable bonds is 5. The highest BCUT2D eigenvalue weighted by Crippen LogP contribution is 2.37. The van der Waals surface area contributed by atoms with Gasteiger partial charge in [0.25, 0.3) is 0 Å². The van der Waals surface area contributed by atoms with Crippen LogP contribution in [0, 0.1) is 0 Å². The maximum Gasteiger partial charge on any atom is 0.0954 e. The van der Waals surface area contributed by atoms with Crippen molar-refractivity contribution in [3.8, 4) is 16.8 Å². The summed E-state index contributed by atoms with van der Waals surface area (Å²) in [6, 6.07) is 20.6. The zero-order valence-corrected chi connectivity index (χ0v) is 16.4. The first-order valence-electron chi connectivity index (χ1n) is 9.43. The number of aromatic amines is 1. The minimum atomic E-state index is -0.0197. The van der Waals surface area contributed by atoms with Crippen LogP contribution < -0.4 is 0 Å². The number of imidazole rings is 1. The van der Waals surface area contributed by atoms with E-state index in [9.17, 15) is 0 Å². The van der Waals surface area contributed by atoms with E-state index in [1.54, 1.807) is 0 Å². The second-order valence-electron chi connectivity index (χ2n) is 6.90. The molecule has 5 rings (SSSR count). The Bertz CT molecular complexity index is 1200. The molecule has 3 aromatic heterocycles. The number of benzene rings is 2. The van der Waals surface area contributed by atoms with Crippen molar-refractivity contribution in [1.29, 1.82) is 0 Å². The third kappa shape index (κ3) is 3.28. The summed E-state index contributed by atoms with van der Waals surface area (Å²) in [7, 11) is 0. The molecule has 0 amide bonds. The average Bonchev–Trinajstić information content (AvgIpc) is 3.53. The molecular formula is C24H19ClN4. The molecule has 0 radical (unpaired) electrons. The van der Waals surface area contributed by atoms with E-state index < -0.39 is 0 Å². The Morgan fingerprint density at radius 3 is 2.34 bits per heavy atom. The standard InChI is InChI=1S/C24H19ClN4/c25-23-6-2-1-5-20(23)21-15-27-16-22(21)24(29-14-11-26-17-29)18-7-9-19(10-8-18)28-12-3-4-13-28/h1-17,24,27H. The van der Waals surface area contributed by atoms with Crippen LogP contribution in [0.2, 0.25) is 5.02 Å². The van der Waals surface area contributed by atoms with Gasteiger partial charge in [0.05, 0.1) is 12.4 Å². The Kier molecular flexibility index (Phi) is 4.54. The summed E-state index contributed by atoms with van der Waals surface area (Å²) in [6.45, 7) is 0. The minimum absolute atomic E-state index is 0.0197. The molecular weight excluding hydrogens is 380 g/mol. The molecule has 2 aromatic carbocycles. The minimum Gasteiger partial charge on any atom is -0.367 e. The highest BCUT2D eigenvalue weighted by atomic mass is 35.5. The topological polar surface area (TPSA) is 38.5 Å². The molecule has 1 atom stereocenters. The van der Waals surface area contributed by atoms with Crippen molar-refractivity contribution < 1.29 is 0 Å². The number of aromatic nitrogens is 4. The molecule has 0 saturated carbocycles. The molecule has 4 nitrogen and oxygen atoms in total. The maximum atomic E-state index is 6.51. The summed E-state index contributed by atoms with van der Waals surface area (Å²) in [6.07, 6.45) is 13.8. The first kappa shape index (κ1) is 17.6. The first-order valence-corrected chi connectivity index (χ1v) is 9.81. The average molecular weight is 399 g/mol. The van der Waals surface area contributed by atoms with Crippen LogP contribution >= 0.6 is 11.6 Å². The number of H-pyrrole nitrogens is 1. The van der Waals surface area contributed by atoms with Gasteiger partial charge in [-0.05, 0) is 35.9 Å². The molecule has 0 aliphatic carbocycles. The number of halogens is 1. The van der Waals surface area contributed by atoms with Crippen molar-refractivity contribution in [2.45, 2.75) is 6.04 Å². The van der Waals surface area contributed by atoms with E-state index in [0.29, 0.717) is 0 Å². The fourth-order valence-electron chi connectivity index (χ4n) is 3.78. The van der Waals surface area contributed by atoms with Crippen molar-refractivity contribution in [3.63, 3.8) is 0 Å². The van der Waals surface area contributed by atoms with E-state index in [-0.39, 0.29) is 6.04 Å². The Morgan fingerprint density at radius 2 is 1.62 bits per heavy atom.